The van der Waals surface area contributed by atoms with E-state index in [1.54, 1.807) is 18.2 Å². The minimum absolute atomic E-state index is 0.133. The lowest BCUT2D eigenvalue weighted by molar-refractivity contribution is -0.116. The van der Waals surface area contributed by atoms with E-state index in [0.717, 1.165) is 11.3 Å². The molecular formula is C21H20ClN3O2. The molecule has 0 aliphatic heterocycles. The van der Waals surface area contributed by atoms with Crippen molar-refractivity contribution in [1.82, 2.24) is 9.55 Å². The molecule has 0 radical (unpaired) electrons. The summed E-state index contributed by atoms with van der Waals surface area (Å²) >= 11 is 6.10. The molecule has 5 nitrogen and oxygen atoms in total. The van der Waals surface area contributed by atoms with Crippen LogP contribution in [0.15, 0.2) is 59.4 Å². The topological polar surface area (TPSA) is 64.0 Å². The monoisotopic (exact) mass is 381 g/mol. The second-order valence-corrected chi connectivity index (χ2v) is 6.66. The first kappa shape index (κ1) is 18.9. The molecule has 3 aromatic rings. The molecule has 1 heterocycles. The zero-order valence-corrected chi connectivity index (χ0v) is 16.0. The van der Waals surface area contributed by atoms with Gasteiger partial charge in [-0.2, -0.15) is 0 Å². The third-order valence-corrected chi connectivity index (χ3v) is 4.46. The molecule has 0 unspecified atom stereocenters. The molecule has 1 amide bonds. The third kappa shape index (κ3) is 4.44. The van der Waals surface area contributed by atoms with Crippen molar-refractivity contribution in [2.24, 2.45) is 0 Å². The van der Waals surface area contributed by atoms with E-state index < -0.39 is 0 Å². The molecule has 0 aliphatic rings. The Morgan fingerprint density at radius 3 is 2.63 bits per heavy atom. The molecule has 0 saturated heterocycles. The summed E-state index contributed by atoms with van der Waals surface area (Å²) in [5.41, 5.74) is 2.77. The Hall–Kier alpha value is -2.92. The van der Waals surface area contributed by atoms with Crippen LogP contribution in [-0.2, 0) is 17.8 Å². The first-order valence-electron chi connectivity index (χ1n) is 8.70. The Bertz CT molecular complexity index is 1040. The Labute approximate surface area is 162 Å². The van der Waals surface area contributed by atoms with Crippen LogP contribution in [0.4, 0.5) is 5.69 Å². The van der Waals surface area contributed by atoms with Gasteiger partial charge in [-0.05, 0) is 37.1 Å². The third-order valence-electron chi connectivity index (χ3n) is 4.23. The van der Waals surface area contributed by atoms with E-state index >= 15 is 0 Å². The number of para-hydroxylation sites is 1. The van der Waals surface area contributed by atoms with Gasteiger partial charge in [0.1, 0.15) is 12.4 Å². The van der Waals surface area contributed by atoms with Gasteiger partial charge in [0.05, 0.1) is 0 Å². The lowest BCUT2D eigenvalue weighted by atomic mass is 10.2. The number of halogens is 1. The van der Waals surface area contributed by atoms with E-state index in [4.69, 9.17) is 11.6 Å². The largest absolute Gasteiger partial charge is 0.324 e. The highest BCUT2D eigenvalue weighted by Crippen LogP contribution is 2.21. The fourth-order valence-corrected chi connectivity index (χ4v) is 2.97. The van der Waals surface area contributed by atoms with E-state index in [-0.39, 0.29) is 18.0 Å². The summed E-state index contributed by atoms with van der Waals surface area (Å²) in [6, 6.07) is 16.1. The Balaban J connectivity index is 1.98. The summed E-state index contributed by atoms with van der Waals surface area (Å²) in [5, 5.41) is 3.39. The van der Waals surface area contributed by atoms with Crippen LogP contribution >= 0.6 is 11.6 Å². The number of anilines is 1. The van der Waals surface area contributed by atoms with E-state index in [1.165, 1.54) is 10.6 Å². The van der Waals surface area contributed by atoms with Crippen molar-refractivity contribution in [3.05, 3.63) is 81.2 Å². The number of amides is 1. The van der Waals surface area contributed by atoms with Crippen molar-refractivity contribution in [2.45, 2.75) is 26.8 Å². The molecule has 0 spiro atoms. The zero-order valence-electron chi connectivity index (χ0n) is 15.2. The van der Waals surface area contributed by atoms with E-state index in [2.05, 4.69) is 10.3 Å². The molecule has 3 rings (SSSR count). The van der Waals surface area contributed by atoms with Crippen molar-refractivity contribution in [3.63, 3.8) is 0 Å². The van der Waals surface area contributed by atoms with Gasteiger partial charge in [-0.25, -0.2) is 4.98 Å². The maximum Gasteiger partial charge on any atom is 0.254 e. The first-order valence-corrected chi connectivity index (χ1v) is 9.08. The second-order valence-electron chi connectivity index (χ2n) is 6.22. The maximum absolute atomic E-state index is 12.6. The lowest BCUT2D eigenvalue weighted by Crippen LogP contribution is -2.30. The second kappa shape index (κ2) is 8.18. The standard InChI is InChI=1S/C21H20ClN3O2/c1-3-17-12-20(27)25(21(23-17)15-8-6-9-16(22)11-15)13-19(26)24-18-10-5-4-7-14(18)2/h4-12H,3,13H2,1-2H3,(H,24,26). The molecule has 1 N–H and O–H groups in total. The van der Waals surface area contributed by atoms with Crippen molar-refractivity contribution in [1.29, 1.82) is 0 Å². The number of aromatic nitrogens is 2. The number of benzene rings is 2. The van der Waals surface area contributed by atoms with Crippen LogP contribution in [0.3, 0.4) is 0 Å². The number of nitrogens with one attached hydrogen (secondary N) is 1. The summed E-state index contributed by atoms with van der Waals surface area (Å²) in [7, 11) is 0. The minimum atomic E-state index is -0.291. The molecule has 6 heteroatoms. The fourth-order valence-electron chi connectivity index (χ4n) is 2.78. The molecule has 0 atom stereocenters. The predicted octanol–water partition coefficient (Wildman–Crippen LogP) is 4.07. The van der Waals surface area contributed by atoms with Gasteiger partial charge >= 0.3 is 0 Å². The van der Waals surface area contributed by atoms with E-state index in [0.29, 0.717) is 28.5 Å². The normalized spacial score (nSPS) is 10.6. The van der Waals surface area contributed by atoms with Crippen molar-refractivity contribution in [2.75, 3.05) is 5.32 Å². The van der Waals surface area contributed by atoms with Gasteiger partial charge in [0.25, 0.3) is 5.56 Å². The average molecular weight is 382 g/mol. The van der Waals surface area contributed by atoms with Gasteiger partial charge in [0.2, 0.25) is 5.91 Å². The molecular weight excluding hydrogens is 362 g/mol. The highest BCUT2D eigenvalue weighted by molar-refractivity contribution is 6.30. The quantitative estimate of drug-likeness (QED) is 0.724. The number of hydrogen-bond donors (Lipinski definition) is 1. The molecule has 0 bridgehead atoms. The average Bonchev–Trinajstić information content (AvgIpc) is 2.65. The SMILES string of the molecule is CCc1cc(=O)n(CC(=O)Nc2ccccc2C)c(-c2cccc(Cl)c2)n1. The molecule has 0 aliphatic carbocycles. The summed E-state index contributed by atoms with van der Waals surface area (Å²) in [6.45, 7) is 3.71. The van der Waals surface area contributed by atoms with Crippen LogP contribution < -0.4 is 10.9 Å². The lowest BCUT2D eigenvalue weighted by Gasteiger charge is -2.14. The van der Waals surface area contributed by atoms with Gasteiger partial charge in [-0.3, -0.25) is 14.2 Å². The molecule has 0 saturated carbocycles. The van der Waals surface area contributed by atoms with Crippen LogP contribution in [0.5, 0.6) is 0 Å². The summed E-state index contributed by atoms with van der Waals surface area (Å²) in [6.07, 6.45) is 0.624. The van der Waals surface area contributed by atoms with E-state index in [9.17, 15) is 9.59 Å². The molecule has 138 valence electrons. The number of nitrogens with zero attached hydrogens (tertiary/aromatic N) is 2. The van der Waals surface area contributed by atoms with Crippen molar-refractivity contribution in [3.8, 4) is 11.4 Å². The van der Waals surface area contributed by atoms with Crippen LogP contribution in [0.25, 0.3) is 11.4 Å². The van der Waals surface area contributed by atoms with Crippen molar-refractivity contribution >= 4 is 23.2 Å². The van der Waals surface area contributed by atoms with Crippen LogP contribution in [-0.4, -0.2) is 15.5 Å². The van der Waals surface area contributed by atoms with Crippen LogP contribution in [0.2, 0.25) is 5.02 Å². The Morgan fingerprint density at radius 2 is 1.93 bits per heavy atom. The number of rotatable bonds is 5. The predicted molar refractivity (Wildman–Crippen MR) is 108 cm³/mol. The number of hydrogen-bond acceptors (Lipinski definition) is 3. The van der Waals surface area contributed by atoms with Gasteiger partial charge in [-0.15, -0.1) is 0 Å². The van der Waals surface area contributed by atoms with Gasteiger partial charge in [0.15, 0.2) is 0 Å². The van der Waals surface area contributed by atoms with Gasteiger partial charge in [-0.1, -0.05) is 48.9 Å². The number of carbonyl (C=O) groups is 1. The minimum Gasteiger partial charge on any atom is -0.324 e. The summed E-state index contributed by atoms with van der Waals surface area (Å²) in [4.78, 5) is 29.8. The van der Waals surface area contributed by atoms with Crippen molar-refractivity contribution < 1.29 is 4.79 Å². The first-order chi connectivity index (χ1) is 13.0. The molecule has 1 aromatic heterocycles. The maximum atomic E-state index is 12.6. The molecule has 27 heavy (non-hydrogen) atoms. The van der Waals surface area contributed by atoms with Gasteiger partial charge in [0, 0.05) is 28.0 Å². The Morgan fingerprint density at radius 1 is 1.15 bits per heavy atom. The smallest absolute Gasteiger partial charge is 0.254 e. The fraction of sp³-hybridized carbons (Fsp3) is 0.190. The molecule has 0 fully saturated rings. The van der Waals surface area contributed by atoms with Crippen LogP contribution in [0.1, 0.15) is 18.2 Å². The zero-order chi connectivity index (χ0) is 19.4. The summed E-state index contributed by atoms with van der Waals surface area (Å²) < 4.78 is 1.37. The molecule has 2 aromatic carbocycles. The highest BCUT2D eigenvalue weighted by atomic mass is 35.5. The number of carbonyl (C=O) groups excluding carboxylic acids is 1. The van der Waals surface area contributed by atoms with Gasteiger partial charge < -0.3 is 5.32 Å². The van der Waals surface area contributed by atoms with Crippen LogP contribution in [0, 0.1) is 6.92 Å². The summed E-state index contributed by atoms with van der Waals surface area (Å²) in [5.74, 6) is 0.141. The highest BCUT2D eigenvalue weighted by Gasteiger charge is 2.14. The van der Waals surface area contributed by atoms with E-state index in [1.807, 2.05) is 44.2 Å². The number of aryl methyl sites for hydroxylation is 2. The Kier molecular flexibility index (Phi) is 5.72.